The van der Waals surface area contributed by atoms with Crippen LogP contribution in [0.1, 0.15) is 40.8 Å². The van der Waals surface area contributed by atoms with Crippen LogP contribution in [0, 0.1) is 5.41 Å². The average molecular weight is 467 g/mol. The number of aliphatic hydroxyl groups excluding tert-OH is 1. The van der Waals surface area contributed by atoms with Crippen molar-refractivity contribution in [2.75, 3.05) is 5.32 Å². The van der Waals surface area contributed by atoms with Crippen LogP contribution in [0.4, 0.5) is 10.5 Å². The third kappa shape index (κ3) is 6.10. The van der Waals surface area contributed by atoms with Crippen molar-refractivity contribution in [1.29, 1.82) is 5.41 Å². The number of hydrogen-bond donors (Lipinski definition) is 5. The number of hydrogen-bond acceptors (Lipinski definition) is 5. The predicted molar refractivity (Wildman–Crippen MR) is 136 cm³/mol. The van der Waals surface area contributed by atoms with Gasteiger partial charge in [-0.3, -0.25) is 4.98 Å². The second-order valence-corrected chi connectivity index (χ2v) is 8.07. The fourth-order valence-corrected chi connectivity index (χ4v) is 3.82. The van der Waals surface area contributed by atoms with Crippen molar-refractivity contribution in [1.82, 2.24) is 10.3 Å². The Morgan fingerprint density at radius 1 is 0.914 bits per heavy atom. The number of aliphatic hydroxyl groups is 1. The van der Waals surface area contributed by atoms with Crippen molar-refractivity contribution in [2.24, 2.45) is 0 Å². The van der Waals surface area contributed by atoms with E-state index in [-0.39, 0.29) is 17.9 Å². The number of amides is 2. The van der Waals surface area contributed by atoms with Gasteiger partial charge in [0, 0.05) is 41.3 Å². The Labute approximate surface area is 203 Å². The molecule has 176 valence electrons. The molecule has 2 unspecified atom stereocenters. The largest absolute Gasteiger partial charge is 0.508 e. The molecule has 0 radical (unpaired) electrons. The summed E-state index contributed by atoms with van der Waals surface area (Å²) in [4.78, 5) is 17.0. The van der Waals surface area contributed by atoms with Gasteiger partial charge in [-0.05, 0) is 35.4 Å². The van der Waals surface area contributed by atoms with Gasteiger partial charge in [0.05, 0.1) is 6.04 Å². The van der Waals surface area contributed by atoms with Gasteiger partial charge in [-0.25, -0.2) is 4.79 Å². The van der Waals surface area contributed by atoms with E-state index in [1.165, 1.54) is 0 Å². The lowest BCUT2D eigenvalue weighted by atomic mass is 9.97. The second kappa shape index (κ2) is 11.1. The van der Waals surface area contributed by atoms with E-state index in [2.05, 4.69) is 15.6 Å². The molecule has 1 aromatic heterocycles. The number of carbonyl (C=O) groups is 1. The molecule has 0 aliphatic carbocycles. The van der Waals surface area contributed by atoms with Crippen molar-refractivity contribution in [3.8, 4) is 5.75 Å². The Kier molecular flexibility index (Phi) is 7.50. The molecular formula is C28H26N4O3. The molecule has 0 fully saturated rings. The maximum Gasteiger partial charge on any atom is 0.319 e. The summed E-state index contributed by atoms with van der Waals surface area (Å²) in [6.07, 6.45) is 2.55. The number of nitrogens with zero attached hydrogens (tertiary/aromatic N) is 1. The van der Waals surface area contributed by atoms with Gasteiger partial charge in [0.1, 0.15) is 11.9 Å². The molecule has 5 N–H and O–H groups in total. The lowest BCUT2D eigenvalue weighted by Gasteiger charge is -2.21. The number of rotatable bonds is 8. The van der Waals surface area contributed by atoms with E-state index in [1.54, 1.807) is 73.1 Å². The van der Waals surface area contributed by atoms with Gasteiger partial charge >= 0.3 is 6.03 Å². The minimum atomic E-state index is -0.824. The van der Waals surface area contributed by atoms with Gasteiger partial charge < -0.3 is 26.3 Å². The molecule has 2 amide bonds. The monoisotopic (exact) mass is 466 g/mol. The van der Waals surface area contributed by atoms with Crippen LogP contribution in [0.2, 0.25) is 0 Å². The van der Waals surface area contributed by atoms with E-state index < -0.39 is 18.2 Å². The minimum absolute atomic E-state index is 0.0322. The number of benzene rings is 3. The maximum absolute atomic E-state index is 12.9. The van der Waals surface area contributed by atoms with Gasteiger partial charge in [0.2, 0.25) is 0 Å². The molecule has 4 aromatic rings. The van der Waals surface area contributed by atoms with Gasteiger partial charge in [0.25, 0.3) is 0 Å². The van der Waals surface area contributed by atoms with Crippen molar-refractivity contribution >= 4 is 17.4 Å². The fourth-order valence-electron chi connectivity index (χ4n) is 3.82. The normalized spacial score (nSPS) is 12.4. The van der Waals surface area contributed by atoms with E-state index >= 15 is 0 Å². The predicted octanol–water partition coefficient (Wildman–Crippen LogP) is 5.19. The summed E-state index contributed by atoms with van der Waals surface area (Å²) in [6, 6.07) is 25.4. The number of aromatic nitrogens is 1. The third-order valence-electron chi connectivity index (χ3n) is 5.61. The second-order valence-electron chi connectivity index (χ2n) is 8.07. The fraction of sp³-hybridized carbons (Fsp3) is 0.107. The smallest absolute Gasteiger partial charge is 0.319 e. The van der Waals surface area contributed by atoms with Gasteiger partial charge in [-0.1, -0.05) is 66.7 Å². The zero-order chi connectivity index (χ0) is 24.6. The van der Waals surface area contributed by atoms with Crippen molar-refractivity contribution < 1.29 is 15.0 Å². The summed E-state index contributed by atoms with van der Waals surface area (Å²) in [5.74, 6) is 0.0322. The van der Waals surface area contributed by atoms with Crippen LogP contribution in [0.5, 0.6) is 5.75 Å². The number of para-hydroxylation sites is 1. The van der Waals surface area contributed by atoms with Crippen LogP contribution in [-0.2, 0) is 0 Å². The summed E-state index contributed by atoms with van der Waals surface area (Å²) in [5.41, 5.74) is 3.32. The molecule has 0 spiro atoms. The van der Waals surface area contributed by atoms with Crippen LogP contribution >= 0.6 is 0 Å². The van der Waals surface area contributed by atoms with E-state index in [9.17, 15) is 15.0 Å². The third-order valence-corrected chi connectivity index (χ3v) is 5.61. The van der Waals surface area contributed by atoms with Gasteiger partial charge in [-0.2, -0.15) is 0 Å². The molecule has 0 saturated heterocycles. The summed E-state index contributed by atoms with van der Waals surface area (Å²) < 4.78 is 0. The molecule has 4 rings (SSSR count). The number of phenolic OH excluding ortho intramolecular Hbond substituents is 1. The highest BCUT2D eigenvalue weighted by Crippen LogP contribution is 2.28. The van der Waals surface area contributed by atoms with Crippen molar-refractivity contribution in [3.63, 3.8) is 0 Å². The Bertz CT molecular complexity index is 1300. The molecule has 1 heterocycles. The highest BCUT2D eigenvalue weighted by Gasteiger charge is 2.21. The summed E-state index contributed by atoms with van der Waals surface area (Å²) in [5, 5.41) is 35.2. The highest BCUT2D eigenvalue weighted by atomic mass is 16.3. The number of phenols is 1. The Balaban J connectivity index is 1.50. The van der Waals surface area contributed by atoms with Crippen molar-refractivity contribution in [2.45, 2.75) is 18.6 Å². The number of aromatic hydroxyl groups is 1. The lowest BCUT2D eigenvalue weighted by molar-refractivity contribution is 0.220. The molecule has 0 bridgehead atoms. The van der Waals surface area contributed by atoms with E-state index in [1.807, 2.05) is 30.3 Å². The molecule has 0 aliphatic rings. The van der Waals surface area contributed by atoms with Crippen LogP contribution in [0.3, 0.4) is 0 Å². The van der Waals surface area contributed by atoms with Crippen LogP contribution < -0.4 is 10.6 Å². The van der Waals surface area contributed by atoms with E-state index in [0.29, 0.717) is 22.4 Å². The topological polar surface area (TPSA) is 118 Å². The molecular weight excluding hydrogens is 440 g/mol. The quantitative estimate of drug-likeness (QED) is 0.230. The molecule has 2 atom stereocenters. The van der Waals surface area contributed by atoms with Crippen molar-refractivity contribution in [3.05, 3.63) is 126 Å². The molecule has 0 saturated carbocycles. The Hall–Kier alpha value is -4.49. The highest BCUT2D eigenvalue weighted by molar-refractivity contribution is 5.99. The Morgan fingerprint density at radius 2 is 1.66 bits per heavy atom. The number of pyridine rings is 1. The summed E-state index contributed by atoms with van der Waals surface area (Å²) >= 11 is 0. The summed E-state index contributed by atoms with van der Waals surface area (Å²) in [6.45, 7) is 0. The minimum Gasteiger partial charge on any atom is -0.508 e. The van der Waals surface area contributed by atoms with Crippen LogP contribution in [0.15, 0.2) is 103 Å². The van der Waals surface area contributed by atoms with Gasteiger partial charge in [-0.15, -0.1) is 0 Å². The lowest BCUT2D eigenvalue weighted by Crippen LogP contribution is -2.34. The molecule has 0 aliphatic heterocycles. The molecule has 35 heavy (non-hydrogen) atoms. The summed E-state index contributed by atoms with van der Waals surface area (Å²) in [7, 11) is 0. The number of anilines is 1. The average Bonchev–Trinajstić information content (AvgIpc) is 2.89. The zero-order valence-corrected chi connectivity index (χ0v) is 18.9. The van der Waals surface area contributed by atoms with Gasteiger partial charge in [0.15, 0.2) is 0 Å². The molecule has 7 heteroatoms. The number of nitrogens with one attached hydrogen (secondary N) is 3. The SMILES string of the molecule is N=C(CC(NC(=O)Nc1cccc(C(O)c2ccccc2)c1)c1ccccc1O)c1cccnc1. The first-order valence-electron chi connectivity index (χ1n) is 11.2. The molecule has 3 aromatic carbocycles. The number of urea groups is 1. The number of carbonyl (C=O) groups excluding carboxylic acids is 1. The van der Waals surface area contributed by atoms with Crippen LogP contribution in [0.25, 0.3) is 0 Å². The van der Waals surface area contributed by atoms with E-state index in [0.717, 1.165) is 5.56 Å². The van der Waals surface area contributed by atoms with Crippen LogP contribution in [-0.4, -0.2) is 26.9 Å². The maximum atomic E-state index is 12.9. The Morgan fingerprint density at radius 3 is 2.40 bits per heavy atom. The first-order valence-corrected chi connectivity index (χ1v) is 11.2. The first kappa shape index (κ1) is 23.7. The first-order chi connectivity index (χ1) is 17.0. The standard InChI is InChI=1S/C28H26N4O3/c29-24(21-11-7-15-30-18-21)17-25(23-13-4-5-14-26(23)33)32-28(35)31-22-12-6-10-20(16-22)27(34)19-8-2-1-3-9-19/h1-16,18,25,27,29,33-34H,17H2,(H2,31,32,35). The zero-order valence-electron chi connectivity index (χ0n) is 18.9. The molecule has 7 nitrogen and oxygen atoms in total. The van der Waals surface area contributed by atoms with E-state index in [4.69, 9.17) is 5.41 Å².